The lowest BCUT2D eigenvalue weighted by molar-refractivity contribution is -0.140. The molecular weight excluding hydrogens is 286 g/mol. The van der Waals surface area contributed by atoms with E-state index in [0.717, 1.165) is 44.8 Å². The molecular formula is C15H21F4NO. The maximum absolute atomic E-state index is 13.1. The van der Waals surface area contributed by atoms with Crippen LogP contribution in [0.5, 0.6) is 5.75 Å². The molecule has 0 aromatic heterocycles. The number of benzene rings is 1. The second kappa shape index (κ2) is 8.87. The van der Waals surface area contributed by atoms with Crippen molar-refractivity contribution in [3.8, 4) is 5.75 Å². The van der Waals surface area contributed by atoms with Crippen LogP contribution >= 0.6 is 0 Å². The third-order valence-corrected chi connectivity index (χ3v) is 2.94. The Bertz CT molecular complexity index is 421. The minimum Gasteiger partial charge on any atom is -0.494 e. The first kappa shape index (κ1) is 17.8. The Labute approximate surface area is 122 Å². The molecule has 6 heteroatoms. The van der Waals surface area contributed by atoms with E-state index < -0.39 is 17.6 Å². The number of unbranched alkanes of at least 4 members (excludes halogenated alkanes) is 2. The van der Waals surface area contributed by atoms with E-state index in [9.17, 15) is 17.6 Å². The lowest BCUT2D eigenvalue weighted by Crippen LogP contribution is -2.15. The zero-order valence-corrected chi connectivity index (χ0v) is 12.1. The minimum absolute atomic E-state index is 0.0489. The van der Waals surface area contributed by atoms with Gasteiger partial charge in [0.1, 0.15) is 11.6 Å². The number of rotatable bonds is 9. The van der Waals surface area contributed by atoms with Crippen LogP contribution in [0.1, 0.15) is 38.2 Å². The number of hydrogen-bond donors (Lipinski definition) is 1. The monoisotopic (exact) mass is 307 g/mol. The molecule has 0 heterocycles. The van der Waals surface area contributed by atoms with Gasteiger partial charge in [-0.1, -0.05) is 6.92 Å². The van der Waals surface area contributed by atoms with Crippen LogP contribution in [0.2, 0.25) is 0 Å². The van der Waals surface area contributed by atoms with Gasteiger partial charge in [-0.25, -0.2) is 4.39 Å². The van der Waals surface area contributed by atoms with Crippen LogP contribution in [0.15, 0.2) is 18.2 Å². The lowest BCUT2D eigenvalue weighted by atomic mass is 10.2. The molecule has 0 saturated heterocycles. The van der Waals surface area contributed by atoms with E-state index in [0.29, 0.717) is 12.7 Å². The SMILES string of the molecule is CCCNCCCCCOc1ccc(F)c(C(F)(F)F)c1. The van der Waals surface area contributed by atoms with Crippen LogP contribution in [-0.4, -0.2) is 19.7 Å². The summed E-state index contributed by atoms with van der Waals surface area (Å²) >= 11 is 0. The summed E-state index contributed by atoms with van der Waals surface area (Å²) in [5.74, 6) is -1.23. The first-order valence-electron chi connectivity index (χ1n) is 7.15. The summed E-state index contributed by atoms with van der Waals surface area (Å²) in [6, 6.07) is 2.71. The van der Waals surface area contributed by atoms with Gasteiger partial charge >= 0.3 is 6.18 Å². The van der Waals surface area contributed by atoms with E-state index in [1.54, 1.807) is 0 Å². The quantitative estimate of drug-likeness (QED) is 0.539. The van der Waals surface area contributed by atoms with E-state index in [-0.39, 0.29) is 5.75 Å². The molecule has 1 N–H and O–H groups in total. The Balaban J connectivity index is 2.30. The summed E-state index contributed by atoms with van der Waals surface area (Å²) in [5, 5.41) is 3.27. The molecule has 0 unspecified atom stereocenters. The molecule has 120 valence electrons. The van der Waals surface area contributed by atoms with Gasteiger partial charge < -0.3 is 10.1 Å². The number of ether oxygens (including phenoxy) is 1. The molecule has 21 heavy (non-hydrogen) atoms. The molecule has 0 saturated carbocycles. The van der Waals surface area contributed by atoms with Crippen molar-refractivity contribution in [3.63, 3.8) is 0 Å². The molecule has 1 aromatic carbocycles. The fourth-order valence-corrected chi connectivity index (χ4v) is 1.83. The highest BCUT2D eigenvalue weighted by molar-refractivity contribution is 5.31. The van der Waals surface area contributed by atoms with Gasteiger partial charge in [-0.2, -0.15) is 13.2 Å². The topological polar surface area (TPSA) is 21.3 Å². The Morgan fingerprint density at radius 2 is 1.86 bits per heavy atom. The van der Waals surface area contributed by atoms with E-state index in [1.165, 1.54) is 6.07 Å². The summed E-state index contributed by atoms with van der Waals surface area (Å²) in [7, 11) is 0. The van der Waals surface area contributed by atoms with Crippen molar-refractivity contribution in [3.05, 3.63) is 29.6 Å². The van der Waals surface area contributed by atoms with Gasteiger partial charge in [0, 0.05) is 0 Å². The average molecular weight is 307 g/mol. The second-order valence-electron chi connectivity index (χ2n) is 4.80. The van der Waals surface area contributed by atoms with Gasteiger partial charge in [0.15, 0.2) is 0 Å². The molecule has 0 aliphatic rings. The normalized spacial score (nSPS) is 11.7. The summed E-state index contributed by atoms with van der Waals surface area (Å²) in [4.78, 5) is 0. The highest BCUT2D eigenvalue weighted by atomic mass is 19.4. The predicted octanol–water partition coefficient (Wildman–Crippen LogP) is 4.39. The summed E-state index contributed by atoms with van der Waals surface area (Å²) in [6.45, 7) is 4.35. The van der Waals surface area contributed by atoms with Gasteiger partial charge in [0.05, 0.1) is 12.2 Å². The fraction of sp³-hybridized carbons (Fsp3) is 0.600. The summed E-state index contributed by atoms with van der Waals surface area (Å²) < 4.78 is 55.9. The van der Waals surface area contributed by atoms with Crippen molar-refractivity contribution < 1.29 is 22.3 Å². The van der Waals surface area contributed by atoms with Gasteiger partial charge in [-0.3, -0.25) is 0 Å². The molecule has 0 fully saturated rings. The number of halogens is 4. The maximum Gasteiger partial charge on any atom is 0.419 e. The fourth-order valence-electron chi connectivity index (χ4n) is 1.83. The van der Waals surface area contributed by atoms with Crippen molar-refractivity contribution in [1.82, 2.24) is 5.32 Å². The van der Waals surface area contributed by atoms with E-state index in [2.05, 4.69) is 12.2 Å². The van der Waals surface area contributed by atoms with Gasteiger partial charge in [0.25, 0.3) is 0 Å². The van der Waals surface area contributed by atoms with Crippen LogP contribution in [0.25, 0.3) is 0 Å². The largest absolute Gasteiger partial charge is 0.494 e. The minimum atomic E-state index is -4.70. The zero-order valence-electron chi connectivity index (χ0n) is 12.1. The summed E-state index contributed by atoms with van der Waals surface area (Å²) in [6.07, 6.45) is -0.916. The van der Waals surface area contributed by atoms with Crippen molar-refractivity contribution in [2.45, 2.75) is 38.8 Å². The van der Waals surface area contributed by atoms with E-state index >= 15 is 0 Å². The molecule has 0 atom stereocenters. The van der Waals surface area contributed by atoms with Crippen LogP contribution in [-0.2, 0) is 6.18 Å². The molecule has 0 bridgehead atoms. The number of nitrogens with one attached hydrogen (secondary N) is 1. The highest BCUT2D eigenvalue weighted by Crippen LogP contribution is 2.33. The second-order valence-corrected chi connectivity index (χ2v) is 4.80. The van der Waals surface area contributed by atoms with Crippen LogP contribution in [0.3, 0.4) is 0 Å². The molecule has 2 nitrogen and oxygen atoms in total. The summed E-state index contributed by atoms with van der Waals surface area (Å²) in [5.41, 5.74) is -1.29. The smallest absolute Gasteiger partial charge is 0.419 e. The first-order chi connectivity index (χ1) is 9.95. The molecule has 1 aromatic rings. The zero-order chi connectivity index (χ0) is 15.7. The Hall–Kier alpha value is -1.30. The van der Waals surface area contributed by atoms with E-state index in [4.69, 9.17) is 4.74 Å². The van der Waals surface area contributed by atoms with Crippen molar-refractivity contribution in [1.29, 1.82) is 0 Å². The van der Waals surface area contributed by atoms with E-state index in [1.807, 2.05) is 0 Å². The molecule has 0 spiro atoms. The molecule has 1 rings (SSSR count). The van der Waals surface area contributed by atoms with Crippen LogP contribution < -0.4 is 10.1 Å². The lowest BCUT2D eigenvalue weighted by Gasteiger charge is -2.11. The van der Waals surface area contributed by atoms with Crippen molar-refractivity contribution in [2.75, 3.05) is 19.7 Å². The maximum atomic E-state index is 13.1. The van der Waals surface area contributed by atoms with Crippen LogP contribution in [0, 0.1) is 5.82 Å². The molecule has 0 amide bonds. The number of hydrogen-bond acceptors (Lipinski definition) is 2. The molecule has 0 aliphatic heterocycles. The van der Waals surface area contributed by atoms with Crippen molar-refractivity contribution >= 4 is 0 Å². The molecule has 0 aliphatic carbocycles. The third kappa shape index (κ3) is 6.80. The van der Waals surface area contributed by atoms with Crippen LogP contribution in [0.4, 0.5) is 17.6 Å². The number of alkyl halides is 3. The first-order valence-corrected chi connectivity index (χ1v) is 7.15. The Morgan fingerprint density at radius 3 is 2.52 bits per heavy atom. The van der Waals surface area contributed by atoms with Gasteiger partial charge in [0.2, 0.25) is 0 Å². The van der Waals surface area contributed by atoms with Gasteiger partial charge in [-0.15, -0.1) is 0 Å². The van der Waals surface area contributed by atoms with Gasteiger partial charge in [-0.05, 0) is 57.0 Å². The van der Waals surface area contributed by atoms with Crippen molar-refractivity contribution in [2.24, 2.45) is 0 Å². The standard InChI is InChI=1S/C15H21F4NO/c1-2-8-20-9-4-3-5-10-21-12-6-7-14(16)13(11-12)15(17,18)19/h6-7,11,20H,2-5,8-10H2,1H3. The highest BCUT2D eigenvalue weighted by Gasteiger charge is 2.34. The molecule has 0 radical (unpaired) electrons. The average Bonchev–Trinajstić information content (AvgIpc) is 2.42. The Kier molecular flexibility index (Phi) is 7.50. The Morgan fingerprint density at radius 1 is 1.10 bits per heavy atom. The third-order valence-electron chi connectivity index (χ3n) is 2.94. The predicted molar refractivity (Wildman–Crippen MR) is 73.9 cm³/mol.